The Hall–Kier alpha value is -3.00. The third-order valence-electron chi connectivity index (χ3n) is 3.07. The van der Waals surface area contributed by atoms with Crippen molar-refractivity contribution in [2.24, 2.45) is 0 Å². The molecule has 2 aromatic heterocycles. The van der Waals surface area contributed by atoms with Crippen molar-refractivity contribution in [3.63, 3.8) is 0 Å². The van der Waals surface area contributed by atoms with E-state index in [1.165, 1.54) is 0 Å². The van der Waals surface area contributed by atoms with E-state index in [9.17, 15) is 4.79 Å². The van der Waals surface area contributed by atoms with Crippen molar-refractivity contribution < 1.29 is 18.8 Å². The monoisotopic (exact) mass is 314 g/mol. The molecule has 2 N–H and O–H groups in total. The van der Waals surface area contributed by atoms with Crippen LogP contribution in [0.15, 0.2) is 45.3 Å². The van der Waals surface area contributed by atoms with Gasteiger partial charge in [-0.15, -0.1) is 10.2 Å². The summed E-state index contributed by atoms with van der Waals surface area (Å²) in [5.74, 6) is 0.674. The highest BCUT2D eigenvalue weighted by atomic mass is 16.5. The minimum absolute atomic E-state index is 0.148. The van der Waals surface area contributed by atoms with Crippen molar-refractivity contribution in [3.05, 3.63) is 53.9 Å². The average Bonchev–Trinajstić information content (AvgIpc) is 3.25. The number of aliphatic hydroxyl groups is 1. The third kappa shape index (κ3) is 3.61. The van der Waals surface area contributed by atoms with Crippen LogP contribution >= 0.6 is 0 Å². The largest absolute Gasteiger partial charge is 0.423 e. The second-order valence-electron chi connectivity index (χ2n) is 4.70. The summed E-state index contributed by atoms with van der Waals surface area (Å²) < 4.78 is 10.3. The van der Waals surface area contributed by atoms with Gasteiger partial charge >= 0.3 is 0 Å². The number of hydrogen-bond donors (Lipinski definition) is 2. The zero-order valence-corrected chi connectivity index (χ0v) is 12.1. The van der Waals surface area contributed by atoms with Gasteiger partial charge in [0.2, 0.25) is 11.8 Å². The smallest absolute Gasteiger partial charge is 0.273 e. The van der Waals surface area contributed by atoms with Gasteiger partial charge in [0.05, 0.1) is 0 Å². The summed E-state index contributed by atoms with van der Waals surface area (Å²) in [6, 6.07) is 11.0. The van der Waals surface area contributed by atoms with Crippen LogP contribution in [0.3, 0.4) is 0 Å². The molecule has 118 valence electrons. The fraction of sp³-hybridized carbons (Fsp3) is 0.200. The van der Waals surface area contributed by atoms with Crippen LogP contribution in [0.25, 0.3) is 11.3 Å². The van der Waals surface area contributed by atoms with Crippen LogP contribution in [0, 0.1) is 0 Å². The molecule has 2 heterocycles. The number of rotatable bonds is 6. The Morgan fingerprint density at radius 2 is 1.96 bits per heavy atom. The molecule has 0 unspecified atom stereocenters. The predicted octanol–water partition coefficient (Wildman–Crippen LogP) is 1.19. The molecule has 3 aromatic rings. The second kappa shape index (κ2) is 6.84. The topological polar surface area (TPSA) is 114 Å². The molecule has 1 aromatic carbocycles. The van der Waals surface area contributed by atoms with E-state index in [4.69, 9.17) is 14.0 Å². The molecule has 23 heavy (non-hydrogen) atoms. The van der Waals surface area contributed by atoms with E-state index in [0.29, 0.717) is 24.6 Å². The summed E-state index contributed by atoms with van der Waals surface area (Å²) in [7, 11) is 0. The first-order valence-corrected chi connectivity index (χ1v) is 6.98. The summed E-state index contributed by atoms with van der Waals surface area (Å²) in [6.45, 7) is -0.0000129. The van der Waals surface area contributed by atoms with E-state index < -0.39 is 0 Å². The molecule has 0 saturated heterocycles. The summed E-state index contributed by atoms with van der Waals surface area (Å²) in [4.78, 5) is 12.0. The van der Waals surface area contributed by atoms with Crippen LogP contribution in [0.4, 0.5) is 0 Å². The number of hydrogen-bond acceptors (Lipinski definition) is 7. The molecule has 0 atom stereocenters. The van der Waals surface area contributed by atoms with E-state index in [-0.39, 0.29) is 24.1 Å². The second-order valence-corrected chi connectivity index (χ2v) is 4.70. The van der Waals surface area contributed by atoms with Gasteiger partial charge in [0.15, 0.2) is 11.5 Å². The number of aliphatic hydroxyl groups excluding tert-OH is 1. The van der Waals surface area contributed by atoms with Crippen LogP contribution in [-0.4, -0.2) is 32.9 Å². The molecule has 1 amide bonds. The Morgan fingerprint density at radius 1 is 1.17 bits per heavy atom. The predicted molar refractivity (Wildman–Crippen MR) is 78.2 cm³/mol. The summed E-state index contributed by atoms with van der Waals surface area (Å²) in [6.07, 6.45) is 0.363. The van der Waals surface area contributed by atoms with Crippen molar-refractivity contribution in [1.82, 2.24) is 20.7 Å². The van der Waals surface area contributed by atoms with Crippen molar-refractivity contribution in [1.29, 1.82) is 0 Å². The van der Waals surface area contributed by atoms with Crippen molar-refractivity contribution in [2.45, 2.75) is 13.0 Å². The van der Waals surface area contributed by atoms with Crippen molar-refractivity contribution in [2.75, 3.05) is 6.54 Å². The number of nitrogens with zero attached hydrogens (tertiary/aromatic N) is 3. The van der Waals surface area contributed by atoms with Crippen LogP contribution in [-0.2, 0) is 13.0 Å². The molecule has 0 spiro atoms. The highest BCUT2D eigenvalue weighted by molar-refractivity contribution is 5.93. The van der Waals surface area contributed by atoms with Crippen LogP contribution < -0.4 is 5.32 Å². The van der Waals surface area contributed by atoms with Gasteiger partial charge in [-0.25, -0.2) is 0 Å². The molecular weight excluding hydrogens is 300 g/mol. The lowest BCUT2D eigenvalue weighted by atomic mass is 10.1. The van der Waals surface area contributed by atoms with Gasteiger partial charge in [-0.1, -0.05) is 35.5 Å². The quantitative estimate of drug-likeness (QED) is 0.702. The molecule has 0 saturated carbocycles. The maximum atomic E-state index is 12.0. The molecular formula is C15H14N4O4. The maximum absolute atomic E-state index is 12.0. The Balaban J connectivity index is 1.55. The van der Waals surface area contributed by atoms with Crippen molar-refractivity contribution >= 4 is 5.91 Å². The Labute approximate surface area is 131 Å². The van der Waals surface area contributed by atoms with Gasteiger partial charge < -0.3 is 19.4 Å². The van der Waals surface area contributed by atoms with Gasteiger partial charge in [0, 0.05) is 24.6 Å². The van der Waals surface area contributed by atoms with Gasteiger partial charge in [0.1, 0.15) is 6.61 Å². The molecule has 8 heteroatoms. The molecule has 0 bridgehead atoms. The molecule has 0 aliphatic heterocycles. The Morgan fingerprint density at radius 3 is 2.70 bits per heavy atom. The van der Waals surface area contributed by atoms with Crippen molar-refractivity contribution in [3.8, 4) is 11.3 Å². The first-order chi connectivity index (χ1) is 11.3. The SMILES string of the molecule is O=C(NCCc1nnc(CO)o1)c1cc(-c2ccccc2)on1. The minimum atomic E-state index is -0.349. The van der Waals surface area contributed by atoms with Crippen LogP contribution in [0.2, 0.25) is 0 Å². The van der Waals surface area contributed by atoms with E-state index in [1.807, 2.05) is 30.3 Å². The molecule has 3 rings (SSSR count). The van der Waals surface area contributed by atoms with E-state index >= 15 is 0 Å². The summed E-state index contributed by atoms with van der Waals surface area (Å²) in [5.41, 5.74) is 1.05. The first kappa shape index (κ1) is 14.9. The zero-order valence-electron chi connectivity index (χ0n) is 12.1. The first-order valence-electron chi connectivity index (χ1n) is 6.98. The molecule has 0 aliphatic rings. The van der Waals surface area contributed by atoms with Gasteiger partial charge in [-0.3, -0.25) is 4.79 Å². The lowest BCUT2D eigenvalue weighted by Crippen LogP contribution is -2.26. The fourth-order valence-corrected chi connectivity index (χ4v) is 1.95. The highest BCUT2D eigenvalue weighted by Crippen LogP contribution is 2.19. The lowest BCUT2D eigenvalue weighted by molar-refractivity contribution is 0.0944. The number of amides is 1. The normalized spacial score (nSPS) is 10.7. The lowest BCUT2D eigenvalue weighted by Gasteiger charge is -1.99. The molecule has 0 fully saturated rings. The number of aromatic nitrogens is 3. The molecule has 0 radical (unpaired) electrons. The number of carbonyl (C=O) groups is 1. The van der Waals surface area contributed by atoms with Gasteiger partial charge in [0.25, 0.3) is 5.91 Å². The molecule has 0 aliphatic carbocycles. The number of benzene rings is 1. The minimum Gasteiger partial charge on any atom is -0.423 e. The van der Waals surface area contributed by atoms with Gasteiger partial charge in [-0.05, 0) is 0 Å². The fourth-order valence-electron chi connectivity index (χ4n) is 1.95. The Bertz CT molecular complexity index is 782. The average molecular weight is 314 g/mol. The highest BCUT2D eigenvalue weighted by Gasteiger charge is 2.13. The van der Waals surface area contributed by atoms with Crippen LogP contribution in [0.1, 0.15) is 22.3 Å². The number of carbonyl (C=O) groups excluding carboxylic acids is 1. The van der Waals surface area contributed by atoms with E-state index in [2.05, 4.69) is 20.7 Å². The van der Waals surface area contributed by atoms with Crippen LogP contribution in [0.5, 0.6) is 0 Å². The maximum Gasteiger partial charge on any atom is 0.273 e. The number of nitrogens with one attached hydrogen (secondary N) is 1. The Kier molecular flexibility index (Phi) is 4.44. The van der Waals surface area contributed by atoms with Gasteiger partial charge in [-0.2, -0.15) is 0 Å². The summed E-state index contributed by atoms with van der Waals surface area (Å²) >= 11 is 0. The zero-order chi connectivity index (χ0) is 16.1. The molecule has 8 nitrogen and oxygen atoms in total. The standard InChI is InChI=1S/C15H14N4O4/c20-9-14-18-17-13(22-14)6-7-16-15(21)11-8-12(23-19-11)10-4-2-1-3-5-10/h1-5,8,20H,6-7,9H2,(H,16,21). The third-order valence-corrected chi connectivity index (χ3v) is 3.07. The summed E-state index contributed by atoms with van der Waals surface area (Å²) in [5, 5.41) is 22.6. The van der Waals surface area contributed by atoms with E-state index in [1.54, 1.807) is 6.07 Å². The van der Waals surface area contributed by atoms with E-state index in [0.717, 1.165) is 5.56 Å².